The Balaban J connectivity index is 1.65. The molecular weight excluding hydrogens is 334 g/mol. The molecule has 26 heavy (non-hydrogen) atoms. The summed E-state index contributed by atoms with van der Waals surface area (Å²) in [4.78, 5) is 26.6. The maximum atomic E-state index is 12.6. The highest BCUT2D eigenvalue weighted by Gasteiger charge is 2.33. The summed E-state index contributed by atoms with van der Waals surface area (Å²) in [6.45, 7) is 0.566. The molecule has 1 atom stereocenters. The third-order valence-electron chi connectivity index (χ3n) is 4.23. The van der Waals surface area contributed by atoms with Crippen LogP contribution in [0.25, 0.3) is 0 Å². The van der Waals surface area contributed by atoms with Gasteiger partial charge in [-0.3, -0.25) is 4.79 Å². The van der Waals surface area contributed by atoms with Gasteiger partial charge in [-0.15, -0.1) is 0 Å². The zero-order valence-corrected chi connectivity index (χ0v) is 14.7. The fourth-order valence-electron chi connectivity index (χ4n) is 2.91. The maximum absolute atomic E-state index is 12.6. The van der Waals surface area contributed by atoms with Crippen LogP contribution in [0.5, 0.6) is 11.5 Å². The highest BCUT2D eigenvalue weighted by atomic mass is 16.5. The van der Waals surface area contributed by atoms with Crippen molar-refractivity contribution in [3.8, 4) is 11.5 Å². The molecule has 1 saturated heterocycles. The molecule has 1 aliphatic rings. The van der Waals surface area contributed by atoms with E-state index in [1.54, 1.807) is 30.2 Å². The Hall–Kier alpha value is -3.22. The van der Waals surface area contributed by atoms with Gasteiger partial charge in [0.2, 0.25) is 5.91 Å². The van der Waals surface area contributed by atoms with Crippen LogP contribution in [0.15, 0.2) is 48.5 Å². The van der Waals surface area contributed by atoms with Gasteiger partial charge >= 0.3 is 6.03 Å². The van der Waals surface area contributed by atoms with E-state index in [2.05, 4.69) is 10.6 Å². The van der Waals surface area contributed by atoms with E-state index in [1.165, 1.54) is 7.11 Å². The highest BCUT2D eigenvalue weighted by Crippen LogP contribution is 2.29. The lowest BCUT2D eigenvalue weighted by atomic mass is 10.2. The summed E-state index contributed by atoms with van der Waals surface area (Å²) in [5.41, 5.74) is 1.30. The molecule has 1 fully saturated rings. The Labute approximate surface area is 151 Å². The van der Waals surface area contributed by atoms with Gasteiger partial charge in [0.15, 0.2) is 0 Å². The molecule has 0 saturated carbocycles. The number of para-hydroxylation sites is 1. The van der Waals surface area contributed by atoms with Crippen molar-refractivity contribution in [2.24, 2.45) is 0 Å². The molecule has 3 rings (SSSR count). The zero-order chi connectivity index (χ0) is 18.5. The van der Waals surface area contributed by atoms with Crippen molar-refractivity contribution in [1.82, 2.24) is 5.32 Å². The molecule has 0 spiro atoms. The van der Waals surface area contributed by atoms with Crippen LogP contribution in [-0.4, -0.2) is 38.7 Å². The van der Waals surface area contributed by atoms with Crippen LogP contribution in [0.1, 0.15) is 6.42 Å². The number of ether oxygens (including phenoxy) is 2. The minimum atomic E-state index is -0.563. The van der Waals surface area contributed by atoms with Gasteiger partial charge in [-0.1, -0.05) is 18.2 Å². The van der Waals surface area contributed by atoms with Crippen molar-refractivity contribution < 1.29 is 19.1 Å². The van der Waals surface area contributed by atoms with Gasteiger partial charge in [0, 0.05) is 18.3 Å². The van der Waals surface area contributed by atoms with Gasteiger partial charge in [0.25, 0.3) is 0 Å². The molecule has 7 heteroatoms. The van der Waals surface area contributed by atoms with Gasteiger partial charge < -0.3 is 25.0 Å². The molecule has 0 radical (unpaired) electrons. The number of urea groups is 1. The first-order chi connectivity index (χ1) is 12.6. The number of benzene rings is 2. The lowest BCUT2D eigenvalue weighted by Gasteiger charge is -2.18. The van der Waals surface area contributed by atoms with E-state index in [0.717, 1.165) is 5.69 Å². The molecule has 0 bridgehead atoms. The number of amides is 3. The lowest BCUT2D eigenvalue weighted by molar-refractivity contribution is -0.118. The zero-order valence-electron chi connectivity index (χ0n) is 14.7. The van der Waals surface area contributed by atoms with Gasteiger partial charge in [-0.2, -0.15) is 0 Å². The Kier molecular flexibility index (Phi) is 5.26. The highest BCUT2D eigenvalue weighted by molar-refractivity contribution is 6.02. The second-order valence-electron chi connectivity index (χ2n) is 5.83. The Bertz CT molecular complexity index is 795. The largest absolute Gasteiger partial charge is 0.497 e. The SMILES string of the molecule is COc1ccc(OC)c(NC(=O)NC2CCN(c3ccccc3)C2=O)c1. The Morgan fingerprint density at radius 2 is 1.88 bits per heavy atom. The molecule has 136 valence electrons. The average Bonchev–Trinajstić information content (AvgIpc) is 3.02. The van der Waals surface area contributed by atoms with Gasteiger partial charge in [0.05, 0.1) is 19.9 Å². The summed E-state index contributed by atoms with van der Waals surface area (Å²) in [6.07, 6.45) is 0.552. The number of hydrogen-bond donors (Lipinski definition) is 2. The summed E-state index contributed by atoms with van der Waals surface area (Å²) >= 11 is 0. The van der Waals surface area contributed by atoms with Crippen molar-refractivity contribution >= 4 is 23.3 Å². The lowest BCUT2D eigenvalue weighted by Crippen LogP contribution is -2.43. The van der Waals surface area contributed by atoms with E-state index in [0.29, 0.717) is 30.2 Å². The fraction of sp³-hybridized carbons (Fsp3) is 0.263. The molecule has 7 nitrogen and oxygen atoms in total. The standard InChI is InChI=1S/C19H21N3O4/c1-25-14-8-9-17(26-2)16(12-14)21-19(24)20-15-10-11-22(18(15)23)13-6-4-3-5-7-13/h3-9,12,15H,10-11H2,1-2H3,(H2,20,21,24). The molecule has 0 aliphatic carbocycles. The number of rotatable bonds is 5. The van der Waals surface area contributed by atoms with Crippen LogP contribution in [0.4, 0.5) is 16.2 Å². The van der Waals surface area contributed by atoms with Gasteiger partial charge in [-0.05, 0) is 30.7 Å². The molecule has 3 amide bonds. The first-order valence-corrected chi connectivity index (χ1v) is 8.28. The molecule has 2 N–H and O–H groups in total. The predicted octanol–water partition coefficient (Wildman–Crippen LogP) is 2.63. The first kappa shape index (κ1) is 17.6. The normalized spacial score (nSPS) is 16.3. The van der Waals surface area contributed by atoms with Crippen molar-refractivity contribution in [1.29, 1.82) is 0 Å². The number of carbonyl (C=O) groups is 2. The van der Waals surface area contributed by atoms with Crippen LogP contribution < -0.4 is 25.0 Å². The quantitative estimate of drug-likeness (QED) is 0.864. The van der Waals surface area contributed by atoms with E-state index in [-0.39, 0.29) is 5.91 Å². The molecule has 2 aromatic rings. The summed E-state index contributed by atoms with van der Waals surface area (Å²) in [7, 11) is 3.06. The maximum Gasteiger partial charge on any atom is 0.319 e. The molecule has 1 unspecified atom stereocenters. The van der Waals surface area contributed by atoms with Crippen molar-refractivity contribution in [3.63, 3.8) is 0 Å². The van der Waals surface area contributed by atoms with Crippen molar-refractivity contribution in [2.75, 3.05) is 31.0 Å². The average molecular weight is 355 g/mol. The summed E-state index contributed by atoms with van der Waals surface area (Å²) in [5, 5.41) is 5.44. The second-order valence-corrected chi connectivity index (χ2v) is 5.83. The van der Waals surface area contributed by atoms with Crippen LogP contribution in [-0.2, 0) is 4.79 Å². The van der Waals surface area contributed by atoms with Crippen LogP contribution in [0.3, 0.4) is 0 Å². The minimum Gasteiger partial charge on any atom is -0.497 e. The molecule has 2 aromatic carbocycles. The molecule has 1 heterocycles. The number of nitrogens with one attached hydrogen (secondary N) is 2. The predicted molar refractivity (Wildman–Crippen MR) is 98.9 cm³/mol. The minimum absolute atomic E-state index is 0.121. The number of hydrogen-bond acceptors (Lipinski definition) is 4. The van der Waals surface area contributed by atoms with Crippen molar-refractivity contribution in [2.45, 2.75) is 12.5 Å². The van der Waals surface area contributed by atoms with Gasteiger partial charge in [0.1, 0.15) is 17.5 Å². The number of carbonyl (C=O) groups excluding carboxylic acids is 2. The second kappa shape index (κ2) is 7.77. The third-order valence-corrected chi connectivity index (χ3v) is 4.23. The summed E-state index contributed by atoms with van der Waals surface area (Å²) in [5.74, 6) is 0.974. The Morgan fingerprint density at radius 1 is 1.12 bits per heavy atom. The van der Waals surface area contributed by atoms with Crippen LogP contribution in [0.2, 0.25) is 0 Å². The van der Waals surface area contributed by atoms with E-state index >= 15 is 0 Å². The number of anilines is 2. The van der Waals surface area contributed by atoms with E-state index in [9.17, 15) is 9.59 Å². The molecular formula is C19H21N3O4. The third kappa shape index (κ3) is 3.72. The molecule has 0 aromatic heterocycles. The summed E-state index contributed by atoms with van der Waals surface area (Å²) < 4.78 is 10.4. The number of nitrogens with zero attached hydrogens (tertiary/aromatic N) is 1. The Morgan fingerprint density at radius 3 is 2.58 bits per heavy atom. The van der Waals surface area contributed by atoms with Crippen LogP contribution >= 0.6 is 0 Å². The smallest absolute Gasteiger partial charge is 0.319 e. The van der Waals surface area contributed by atoms with Crippen LogP contribution in [0, 0.1) is 0 Å². The summed E-state index contributed by atoms with van der Waals surface area (Å²) in [6, 6.07) is 13.5. The fourth-order valence-corrected chi connectivity index (χ4v) is 2.91. The van der Waals surface area contributed by atoms with E-state index in [1.807, 2.05) is 30.3 Å². The first-order valence-electron chi connectivity index (χ1n) is 8.28. The van der Waals surface area contributed by atoms with Crippen molar-refractivity contribution in [3.05, 3.63) is 48.5 Å². The monoisotopic (exact) mass is 355 g/mol. The molecule has 1 aliphatic heterocycles. The number of methoxy groups -OCH3 is 2. The topological polar surface area (TPSA) is 79.9 Å². The van der Waals surface area contributed by atoms with Gasteiger partial charge in [-0.25, -0.2) is 4.79 Å². The van der Waals surface area contributed by atoms with E-state index in [4.69, 9.17) is 9.47 Å². The van der Waals surface area contributed by atoms with E-state index < -0.39 is 12.1 Å².